The molecule has 2 amide bonds. The summed E-state index contributed by atoms with van der Waals surface area (Å²) in [6.45, 7) is 0. The molecule has 0 fully saturated rings. The Balaban J connectivity index is 0. The van der Waals surface area contributed by atoms with E-state index < -0.39 is 23.8 Å². The fraction of sp³-hybridized carbons (Fsp3) is 0. The Hall–Kier alpha value is -2.64. The Morgan fingerprint density at radius 3 is 1.00 bits per heavy atom. The molecule has 0 bridgehead atoms. The number of carbonyl (C=O) groups is 4. The third-order valence-corrected chi connectivity index (χ3v) is 0.780. The molecule has 0 aliphatic heterocycles. The lowest BCUT2D eigenvalue weighted by molar-refractivity contribution is -0.132. The van der Waals surface area contributed by atoms with Crippen LogP contribution in [0.2, 0.25) is 0 Å². The number of carbonyl (C=O) groups excluding carboxylic acids is 2. The number of amides is 2. The summed E-state index contributed by atoms with van der Waals surface area (Å²) in [5.74, 6) is -3.87. The van der Waals surface area contributed by atoms with Gasteiger partial charge in [-0.05, 0) is 0 Å². The molecule has 0 heterocycles. The summed E-state index contributed by atoms with van der Waals surface area (Å²) < 4.78 is 0. The summed E-state index contributed by atoms with van der Waals surface area (Å²) in [6, 6.07) is 0. The lowest BCUT2D eigenvalue weighted by Gasteiger charge is -1.75. The number of rotatable bonds is 4. The van der Waals surface area contributed by atoms with E-state index in [0.717, 1.165) is 12.2 Å². The van der Waals surface area contributed by atoms with Crippen molar-refractivity contribution in [1.82, 2.24) is 0 Å². The molecule has 0 radical (unpaired) electrons. The molecule has 0 aliphatic rings. The van der Waals surface area contributed by atoms with E-state index in [-0.39, 0.29) is 0 Å². The molecule has 0 saturated heterocycles. The Morgan fingerprint density at radius 2 is 0.938 bits per heavy atom. The summed E-state index contributed by atoms with van der Waals surface area (Å²) in [5.41, 5.74) is 9.10. The average Bonchev–Trinajstić information content (AvgIpc) is 2.12. The van der Waals surface area contributed by atoms with E-state index in [1.165, 1.54) is 0 Å². The van der Waals surface area contributed by atoms with Crippen molar-refractivity contribution in [2.45, 2.75) is 0 Å². The van der Waals surface area contributed by atoms with E-state index in [4.69, 9.17) is 10.2 Å². The average molecular weight is 230 g/mol. The van der Waals surface area contributed by atoms with Crippen molar-refractivity contribution < 1.29 is 29.4 Å². The molecule has 0 rings (SSSR count). The highest BCUT2D eigenvalue weighted by Crippen LogP contribution is 1.68. The van der Waals surface area contributed by atoms with E-state index in [2.05, 4.69) is 11.5 Å². The van der Waals surface area contributed by atoms with Crippen molar-refractivity contribution in [2.24, 2.45) is 11.5 Å². The van der Waals surface area contributed by atoms with Crippen LogP contribution in [-0.4, -0.2) is 34.0 Å². The number of primary amides is 2. The second kappa shape index (κ2) is 8.94. The van der Waals surface area contributed by atoms with Gasteiger partial charge in [-0.2, -0.15) is 0 Å². The summed E-state index contributed by atoms with van der Waals surface area (Å²) in [5, 5.41) is 15.7. The second-order valence-electron chi connectivity index (χ2n) is 2.15. The van der Waals surface area contributed by atoms with Gasteiger partial charge in [0.1, 0.15) is 0 Å². The molecular formula is C8H10N2O6. The second-order valence-corrected chi connectivity index (χ2v) is 2.15. The van der Waals surface area contributed by atoms with Crippen molar-refractivity contribution in [1.29, 1.82) is 0 Å². The van der Waals surface area contributed by atoms with Gasteiger partial charge in [-0.1, -0.05) is 0 Å². The van der Waals surface area contributed by atoms with Gasteiger partial charge in [-0.3, -0.25) is 9.59 Å². The SMILES string of the molecule is NC(=O)C=CC(=O)O.NC(=O)C=CC(=O)O. The normalized spacial score (nSPS) is 9.50. The number of nitrogens with two attached hydrogens (primary N) is 2. The van der Waals surface area contributed by atoms with Crippen LogP contribution in [-0.2, 0) is 19.2 Å². The molecule has 0 aromatic carbocycles. The standard InChI is InChI=1S/2C4H5NO3/c2*5-3(6)1-2-4(7)8/h2*1-2H,(H2,5,6)(H,7,8). The number of aliphatic carboxylic acids is 2. The highest BCUT2D eigenvalue weighted by atomic mass is 16.4. The summed E-state index contributed by atoms with van der Waals surface area (Å²) in [4.78, 5) is 38.8. The minimum atomic E-state index is -1.18. The zero-order valence-corrected chi connectivity index (χ0v) is 7.99. The Bertz CT molecular complexity index is 278. The fourth-order valence-electron chi connectivity index (χ4n) is 0.307. The minimum Gasteiger partial charge on any atom is -0.478 e. The lowest BCUT2D eigenvalue weighted by atomic mass is 10.5. The van der Waals surface area contributed by atoms with Gasteiger partial charge in [0.2, 0.25) is 11.8 Å². The van der Waals surface area contributed by atoms with Gasteiger partial charge in [0.25, 0.3) is 0 Å². The van der Waals surface area contributed by atoms with Gasteiger partial charge in [-0.25, -0.2) is 9.59 Å². The maximum atomic E-state index is 9.78. The monoisotopic (exact) mass is 230 g/mol. The number of hydrogen-bond acceptors (Lipinski definition) is 4. The Morgan fingerprint density at radius 1 is 0.688 bits per heavy atom. The molecule has 0 aromatic rings. The van der Waals surface area contributed by atoms with Crippen LogP contribution in [0.25, 0.3) is 0 Å². The molecule has 0 aliphatic carbocycles. The molecule has 0 spiro atoms. The van der Waals surface area contributed by atoms with Crippen LogP contribution in [0.1, 0.15) is 0 Å². The molecule has 8 nitrogen and oxygen atoms in total. The van der Waals surface area contributed by atoms with E-state index >= 15 is 0 Å². The van der Waals surface area contributed by atoms with E-state index in [1.807, 2.05) is 0 Å². The van der Waals surface area contributed by atoms with Gasteiger partial charge >= 0.3 is 11.9 Å². The lowest BCUT2D eigenvalue weighted by Crippen LogP contribution is -2.06. The zero-order chi connectivity index (χ0) is 13.1. The molecule has 16 heavy (non-hydrogen) atoms. The van der Waals surface area contributed by atoms with Gasteiger partial charge < -0.3 is 21.7 Å². The van der Waals surface area contributed by atoms with E-state index in [0.29, 0.717) is 12.2 Å². The first-order chi connectivity index (χ1) is 7.25. The first kappa shape index (κ1) is 15.8. The van der Waals surface area contributed by atoms with Crippen molar-refractivity contribution in [3.63, 3.8) is 0 Å². The maximum Gasteiger partial charge on any atom is 0.328 e. The summed E-state index contributed by atoms with van der Waals surface area (Å²) >= 11 is 0. The topological polar surface area (TPSA) is 161 Å². The number of carboxylic acids is 2. The molecular weight excluding hydrogens is 220 g/mol. The van der Waals surface area contributed by atoms with Crippen LogP contribution in [0.3, 0.4) is 0 Å². The van der Waals surface area contributed by atoms with Crippen molar-refractivity contribution in [2.75, 3.05) is 0 Å². The number of carboxylic acid groups (broad SMARTS) is 2. The van der Waals surface area contributed by atoms with Crippen LogP contribution in [0.4, 0.5) is 0 Å². The van der Waals surface area contributed by atoms with Crippen LogP contribution < -0.4 is 11.5 Å². The van der Waals surface area contributed by atoms with Crippen molar-refractivity contribution in [3.05, 3.63) is 24.3 Å². The smallest absolute Gasteiger partial charge is 0.328 e. The maximum absolute atomic E-state index is 9.78. The summed E-state index contributed by atoms with van der Waals surface area (Å²) in [7, 11) is 0. The molecule has 0 aromatic heterocycles. The van der Waals surface area contributed by atoms with Crippen LogP contribution in [0, 0.1) is 0 Å². The third-order valence-electron chi connectivity index (χ3n) is 0.780. The number of hydrogen-bond donors (Lipinski definition) is 4. The predicted molar refractivity (Wildman–Crippen MR) is 51.9 cm³/mol. The fourth-order valence-corrected chi connectivity index (χ4v) is 0.307. The Kier molecular flexibility index (Phi) is 8.83. The van der Waals surface area contributed by atoms with Crippen LogP contribution in [0.5, 0.6) is 0 Å². The Labute approximate surface area is 89.8 Å². The molecule has 0 atom stereocenters. The van der Waals surface area contributed by atoms with Crippen molar-refractivity contribution >= 4 is 23.8 Å². The zero-order valence-electron chi connectivity index (χ0n) is 7.99. The first-order valence-corrected chi connectivity index (χ1v) is 3.66. The van der Waals surface area contributed by atoms with Gasteiger partial charge in [0.05, 0.1) is 0 Å². The quantitative estimate of drug-likeness (QED) is 0.417. The van der Waals surface area contributed by atoms with Gasteiger partial charge in [0, 0.05) is 24.3 Å². The largest absolute Gasteiger partial charge is 0.478 e. The third kappa shape index (κ3) is 22.5. The van der Waals surface area contributed by atoms with Gasteiger partial charge in [0.15, 0.2) is 0 Å². The van der Waals surface area contributed by atoms with E-state index in [1.54, 1.807) is 0 Å². The first-order valence-electron chi connectivity index (χ1n) is 3.66. The van der Waals surface area contributed by atoms with E-state index in [9.17, 15) is 19.2 Å². The van der Waals surface area contributed by atoms with Crippen molar-refractivity contribution in [3.8, 4) is 0 Å². The molecule has 8 heteroatoms. The molecule has 6 N–H and O–H groups in total. The highest BCUT2D eigenvalue weighted by molar-refractivity contribution is 5.93. The highest BCUT2D eigenvalue weighted by Gasteiger charge is 1.86. The van der Waals surface area contributed by atoms with Gasteiger partial charge in [-0.15, -0.1) is 0 Å². The molecule has 0 saturated carbocycles. The predicted octanol–water partition coefficient (Wildman–Crippen LogP) is -1.77. The van der Waals surface area contributed by atoms with Crippen LogP contribution in [0.15, 0.2) is 24.3 Å². The molecule has 0 unspecified atom stereocenters. The van der Waals surface area contributed by atoms with Crippen LogP contribution >= 0.6 is 0 Å². The molecule has 88 valence electrons. The minimum absolute atomic E-state index is 0.683. The summed E-state index contributed by atoms with van der Waals surface area (Å²) in [6.07, 6.45) is 2.93.